The largest absolute Gasteiger partial charge is 0.481 e. The van der Waals surface area contributed by atoms with E-state index < -0.39 is 22.8 Å². The van der Waals surface area contributed by atoms with E-state index in [1.807, 2.05) is 85.5 Å². The van der Waals surface area contributed by atoms with Crippen molar-refractivity contribution in [2.75, 3.05) is 6.61 Å². The molecule has 11 heteroatoms. The number of benzene rings is 3. The highest BCUT2D eigenvalue weighted by Gasteiger charge is 2.31. The quantitative estimate of drug-likeness (QED) is 0.203. The fourth-order valence-electron chi connectivity index (χ4n) is 6.19. The molecule has 1 unspecified atom stereocenters. The third kappa shape index (κ3) is 5.85. The van der Waals surface area contributed by atoms with Gasteiger partial charge in [-0.1, -0.05) is 41.6 Å². The second-order valence-corrected chi connectivity index (χ2v) is 13.3. The Kier molecular flexibility index (Phi) is 7.87. The number of aliphatic carboxylic acids is 1. The van der Waals surface area contributed by atoms with E-state index in [1.54, 1.807) is 30.8 Å². The standard InChI is InChI=1S/C37H37FN6O4/c1-36(2,35(45)46)25-10-5-9-24(18-25)32-12-7-17-47-37(3,4)33-22-43(42-40-33)21-28-27-13-15-39-31(27)20-29(38)34(28)48-26-11-6-8-23(19-26)30-14-16-44(32)41-30/h5-6,8-11,13-16,18-20,22,32,39H,7,12,17,21H2,1-4H3,(H,45,46). The molecule has 3 aromatic carbocycles. The first kappa shape index (κ1) is 31.3. The van der Waals surface area contributed by atoms with Crippen LogP contribution in [0.15, 0.2) is 85.3 Å². The normalized spacial score (nSPS) is 16.7. The highest BCUT2D eigenvalue weighted by Crippen LogP contribution is 2.37. The van der Waals surface area contributed by atoms with E-state index in [-0.39, 0.29) is 18.3 Å². The SMILES string of the molecule is CC1(C)OCCCC(c2cccc(C(C)(C)C(=O)O)c2)n2ccc(n2)-c2cccc(c2)Oc2c(F)cc3[nH]ccc3c2Cn2cc1nn2. The molecule has 48 heavy (non-hydrogen) atoms. The molecule has 2 N–H and O–H groups in total. The molecule has 0 saturated heterocycles. The third-order valence-corrected chi connectivity index (χ3v) is 9.23. The van der Waals surface area contributed by atoms with Crippen molar-refractivity contribution >= 4 is 16.9 Å². The van der Waals surface area contributed by atoms with Gasteiger partial charge in [-0.15, -0.1) is 5.10 Å². The third-order valence-electron chi connectivity index (χ3n) is 9.23. The van der Waals surface area contributed by atoms with E-state index in [0.717, 1.165) is 22.2 Å². The van der Waals surface area contributed by atoms with Gasteiger partial charge in [0.1, 0.15) is 17.0 Å². The van der Waals surface area contributed by atoms with Gasteiger partial charge in [-0.05, 0) is 75.9 Å². The fraction of sp³-hybridized carbons (Fsp3) is 0.297. The molecule has 7 rings (SSSR count). The maximum absolute atomic E-state index is 15.7. The number of nitrogens with zero attached hydrogens (tertiary/aromatic N) is 5. The van der Waals surface area contributed by atoms with Crippen molar-refractivity contribution < 1.29 is 23.8 Å². The Balaban J connectivity index is 1.32. The van der Waals surface area contributed by atoms with E-state index in [0.29, 0.717) is 47.5 Å². The van der Waals surface area contributed by atoms with Crippen LogP contribution in [-0.2, 0) is 27.1 Å². The van der Waals surface area contributed by atoms with Crippen molar-refractivity contribution in [1.82, 2.24) is 29.8 Å². The summed E-state index contributed by atoms with van der Waals surface area (Å²) in [5, 5.41) is 24.5. The molecule has 0 spiro atoms. The highest BCUT2D eigenvalue weighted by atomic mass is 19.1. The number of aromatic nitrogens is 6. The van der Waals surface area contributed by atoms with Crippen LogP contribution in [0, 0.1) is 5.82 Å². The maximum atomic E-state index is 15.7. The van der Waals surface area contributed by atoms with Gasteiger partial charge in [-0.2, -0.15) is 5.10 Å². The molecule has 1 aliphatic rings. The number of fused-ring (bicyclic) bond motifs is 10. The van der Waals surface area contributed by atoms with Crippen molar-refractivity contribution in [3.05, 3.63) is 114 Å². The molecular weight excluding hydrogens is 611 g/mol. The molecule has 4 heterocycles. The van der Waals surface area contributed by atoms with Crippen LogP contribution in [0.2, 0.25) is 0 Å². The van der Waals surface area contributed by atoms with Crippen LogP contribution < -0.4 is 4.74 Å². The Morgan fingerprint density at radius 2 is 1.94 bits per heavy atom. The number of hydrogen-bond donors (Lipinski definition) is 2. The van der Waals surface area contributed by atoms with Crippen molar-refractivity contribution in [1.29, 1.82) is 0 Å². The monoisotopic (exact) mass is 648 g/mol. The number of rotatable bonds is 3. The van der Waals surface area contributed by atoms with Crippen molar-refractivity contribution in [3.63, 3.8) is 0 Å². The molecule has 0 radical (unpaired) electrons. The highest BCUT2D eigenvalue weighted by molar-refractivity contribution is 5.85. The van der Waals surface area contributed by atoms with Gasteiger partial charge >= 0.3 is 5.97 Å². The summed E-state index contributed by atoms with van der Waals surface area (Å²) in [4.78, 5) is 15.2. The molecule has 3 aromatic heterocycles. The Bertz CT molecular complexity index is 2130. The molecule has 0 aliphatic carbocycles. The van der Waals surface area contributed by atoms with Crippen LogP contribution in [-0.4, -0.2) is 47.4 Å². The first-order valence-corrected chi connectivity index (χ1v) is 16.0. The second-order valence-electron chi connectivity index (χ2n) is 13.3. The van der Waals surface area contributed by atoms with E-state index in [9.17, 15) is 9.90 Å². The Hall–Kier alpha value is -5.29. The zero-order chi connectivity index (χ0) is 33.6. The lowest BCUT2D eigenvalue weighted by molar-refractivity contribution is -0.142. The molecule has 6 aromatic rings. The van der Waals surface area contributed by atoms with Gasteiger partial charge in [0.15, 0.2) is 11.6 Å². The number of nitrogens with one attached hydrogen (secondary N) is 1. The predicted molar refractivity (Wildman–Crippen MR) is 179 cm³/mol. The minimum absolute atomic E-state index is 0.111. The van der Waals surface area contributed by atoms with Gasteiger partial charge < -0.3 is 19.6 Å². The Morgan fingerprint density at radius 3 is 2.77 bits per heavy atom. The Labute approximate surface area is 277 Å². The second kappa shape index (κ2) is 12.1. The average Bonchev–Trinajstić information content (AvgIpc) is 3.84. The fourth-order valence-corrected chi connectivity index (χ4v) is 6.19. The summed E-state index contributed by atoms with van der Waals surface area (Å²) in [6.45, 7) is 7.99. The smallest absolute Gasteiger partial charge is 0.313 e. The lowest BCUT2D eigenvalue weighted by Crippen LogP contribution is -2.28. The summed E-state index contributed by atoms with van der Waals surface area (Å²) in [6.07, 6.45) is 6.92. The van der Waals surface area contributed by atoms with Crippen molar-refractivity contribution in [2.45, 2.75) is 64.1 Å². The first-order valence-electron chi connectivity index (χ1n) is 16.0. The van der Waals surface area contributed by atoms with Gasteiger partial charge in [0.2, 0.25) is 0 Å². The van der Waals surface area contributed by atoms with Crippen LogP contribution in [0.3, 0.4) is 0 Å². The molecule has 246 valence electrons. The number of carboxylic acids is 1. The van der Waals surface area contributed by atoms with E-state index in [1.165, 1.54) is 6.07 Å². The van der Waals surface area contributed by atoms with Crippen LogP contribution in [0.1, 0.15) is 69.0 Å². The van der Waals surface area contributed by atoms with Crippen LogP contribution in [0.25, 0.3) is 22.2 Å². The minimum atomic E-state index is -1.06. The number of carboxylic acid groups (broad SMARTS) is 1. The van der Waals surface area contributed by atoms with E-state index in [2.05, 4.69) is 15.3 Å². The van der Waals surface area contributed by atoms with Crippen LogP contribution >= 0.6 is 0 Å². The van der Waals surface area contributed by atoms with Gasteiger partial charge in [-0.3, -0.25) is 9.48 Å². The number of aromatic amines is 1. The molecule has 6 bridgehead atoms. The number of hydrogen-bond acceptors (Lipinski definition) is 6. The molecule has 0 saturated carbocycles. The van der Waals surface area contributed by atoms with Crippen molar-refractivity contribution in [2.24, 2.45) is 0 Å². The number of H-pyrrole nitrogens is 1. The van der Waals surface area contributed by atoms with E-state index >= 15 is 4.39 Å². The molecule has 10 nitrogen and oxygen atoms in total. The molecule has 1 atom stereocenters. The lowest BCUT2D eigenvalue weighted by Gasteiger charge is -2.25. The summed E-state index contributed by atoms with van der Waals surface area (Å²) >= 11 is 0. The van der Waals surface area contributed by atoms with E-state index in [4.69, 9.17) is 14.6 Å². The summed E-state index contributed by atoms with van der Waals surface area (Å²) in [5.74, 6) is -0.819. The summed E-state index contributed by atoms with van der Waals surface area (Å²) in [5.41, 5.74) is 3.32. The van der Waals surface area contributed by atoms with Gasteiger partial charge in [0.25, 0.3) is 0 Å². The Morgan fingerprint density at radius 1 is 1.10 bits per heavy atom. The van der Waals surface area contributed by atoms with Gasteiger partial charge in [0, 0.05) is 47.1 Å². The maximum Gasteiger partial charge on any atom is 0.313 e. The molecule has 0 fully saturated rings. The zero-order valence-corrected chi connectivity index (χ0v) is 27.3. The number of carbonyl (C=O) groups is 1. The molecule has 1 aliphatic heterocycles. The summed E-state index contributed by atoms with van der Waals surface area (Å²) in [6, 6.07) is 20.2. The van der Waals surface area contributed by atoms with Gasteiger partial charge in [0.05, 0.1) is 29.9 Å². The molecular formula is C37H37FN6O4. The van der Waals surface area contributed by atoms with Crippen molar-refractivity contribution in [3.8, 4) is 22.8 Å². The van der Waals surface area contributed by atoms with Crippen LogP contribution in [0.5, 0.6) is 11.5 Å². The minimum Gasteiger partial charge on any atom is -0.481 e. The topological polar surface area (TPSA) is 120 Å². The summed E-state index contributed by atoms with van der Waals surface area (Å²) < 4.78 is 32.0. The lowest BCUT2D eigenvalue weighted by atomic mass is 9.83. The van der Waals surface area contributed by atoms with Gasteiger partial charge in [-0.25, -0.2) is 9.07 Å². The predicted octanol–water partition coefficient (Wildman–Crippen LogP) is 7.60. The van der Waals surface area contributed by atoms with Crippen LogP contribution in [0.4, 0.5) is 4.39 Å². The first-order chi connectivity index (χ1) is 23.0. The number of ether oxygens (including phenoxy) is 2. The number of halogens is 1. The molecule has 0 amide bonds. The summed E-state index contributed by atoms with van der Waals surface area (Å²) in [7, 11) is 0. The zero-order valence-electron chi connectivity index (χ0n) is 27.3. The average molecular weight is 649 g/mol.